The van der Waals surface area contributed by atoms with Crippen molar-refractivity contribution in [1.29, 1.82) is 0 Å². The summed E-state index contributed by atoms with van der Waals surface area (Å²) in [6.45, 7) is 7.14. The second kappa shape index (κ2) is 5.01. The third-order valence-corrected chi connectivity index (χ3v) is 2.32. The minimum atomic E-state index is 0.331. The zero-order valence-electron chi connectivity index (χ0n) is 9.25. The quantitative estimate of drug-likeness (QED) is 0.769. The molecule has 2 heteroatoms. The maximum absolute atomic E-state index is 5.56. The van der Waals surface area contributed by atoms with E-state index >= 15 is 0 Å². The minimum absolute atomic E-state index is 0.331. The Kier molecular flexibility index (Phi) is 3.96. The summed E-state index contributed by atoms with van der Waals surface area (Å²) in [5.74, 6) is 0.574. The Morgan fingerprint density at radius 2 is 2.00 bits per heavy atom. The van der Waals surface area contributed by atoms with E-state index in [1.165, 1.54) is 5.56 Å². The molecular formula is C12H20N2. The minimum Gasteiger partial charge on any atom is -0.381 e. The van der Waals surface area contributed by atoms with Crippen molar-refractivity contribution >= 4 is 5.69 Å². The van der Waals surface area contributed by atoms with Crippen LogP contribution in [0.25, 0.3) is 0 Å². The lowest BCUT2D eigenvalue weighted by Gasteiger charge is -2.14. The van der Waals surface area contributed by atoms with Crippen molar-refractivity contribution in [2.24, 2.45) is 5.73 Å². The normalized spacial score (nSPS) is 12.9. The first-order chi connectivity index (χ1) is 6.63. The molecule has 78 valence electrons. The number of hydrogen-bond donors (Lipinski definition) is 2. The van der Waals surface area contributed by atoms with Gasteiger partial charge in [-0.05, 0) is 30.5 Å². The second-order valence-electron chi connectivity index (χ2n) is 4.06. The molecule has 1 rings (SSSR count). The van der Waals surface area contributed by atoms with Crippen LogP contribution in [0.5, 0.6) is 0 Å². The summed E-state index contributed by atoms with van der Waals surface area (Å²) in [6.07, 6.45) is 0. The fourth-order valence-electron chi connectivity index (χ4n) is 1.33. The second-order valence-corrected chi connectivity index (χ2v) is 4.06. The summed E-state index contributed by atoms with van der Waals surface area (Å²) in [6, 6.07) is 8.84. The molecule has 0 saturated carbocycles. The van der Waals surface area contributed by atoms with E-state index in [0.717, 1.165) is 5.69 Å². The molecule has 3 N–H and O–H groups in total. The van der Waals surface area contributed by atoms with Gasteiger partial charge in [0.15, 0.2) is 0 Å². The van der Waals surface area contributed by atoms with Crippen LogP contribution >= 0.6 is 0 Å². The van der Waals surface area contributed by atoms with Crippen LogP contribution in [0, 0.1) is 0 Å². The van der Waals surface area contributed by atoms with E-state index in [1.807, 2.05) is 0 Å². The smallest absolute Gasteiger partial charge is 0.0355 e. The highest BCUT2D eigenvalue weighted by Crippen LogP contribution is 2.18. The van der Waals surface area contributed by atoms with Crippen LogP contribution < -0.4 is 11.1 Å². The van der Waals surface area contributed by atoms with Gasteiger partial charge in [-0.3, -0.25) is 0 Å². The molecule has 0 spiro atoms. The van der Waals surface area contributed by atoms with Gasteiger partial charge in [0.05, 0.1) is 0 Å². The van der Waals surface area contributed by atoms with Crippen LogP contribution in [0.4, 0.5) is 5.69 Å². The van der Waals surface area contributed by atoms with E-state index in [4.69, 9.17) is 5.73 Å². The number of anilines is 1. The van der Waals surface area contributed by atoms with Crippen molar-refractivity contribution in [1.82, 2.24) is 0 Å². The largest absolute Gasteiger partial charge is 0.381 e. The predicted octanol–water partition coefficient (Wildman–Crippen LogP) is 2.57. The molecule has 1 aromatic rings. The van der Waals surface area contributed by atoms with Crippen LogP contribution in [0.1, 0.15) is 32.3 Å². The molecule has 1 atom stereocenters. The first-order valence-corrected chi connectivity index (χ1v) is 5.20. The SMILES string of the molecule is CC(CN)Nc1cccc(C(C)C)c1. The molecule has 1 unspecified atom stereocenters. The zero-order valence-corrected chi connectivity index (χ0v) is 9.25. The van der Waals surface area contributed by atoms with Crippen molar-refractivity contribution in [3.8, 4) is 0 Å². The van der Waals surface area contributed by atoms with Gasteiger partial charge < -0.3 is 11.1 Å². The number of rotatable bonds is 4. The molecule has 2 nitrogen and oxygen atoms in total. The summed E-state index contributed by atoms with van der Waals surface area (Å²) in [5, 5.41) is 3.36. The molecule has 0 radical (unpaired) electrons. The lowest BCUT2D eigenvalue weighted by Crippen LogP contribution is -2.25. The summed E-state index contributed by atoms with van der Waals surface area (Å²) in [5.41, 5.74) is 8.08. The summed E-state index contributed by atoms with van der Waals surface area (Å²) in [4.78, 5) is 0. The Bertz CT molecular complexity index is 281. The van der Waals surface area contributed by atoms with Gasteiger partial charge in [-0.25, -0.2) is 0 Å². The molecular weight excluding hydrogens is 172 g/mol. The van der Waals surface area contributed by atoms with Gasteiger partial charge in [-0.1, -0.05) is 26.0 Å². The summed E-state index contributed by atoms with van der Waals surface area (Å²) < 4.78 is 0. The Balaban J connectivity index is 2.73. The highest BCUT2D eigenvalue weighted by atomic mass is 14.9. The lowest BCUT2D eigenvalue weighted by molar-refractivity contribution is 0.802. The van der Waals surface area contributed by atoms with E-state index in [1.54, 1.807) is 0 Å². The van der Waals surface area contributed by atoms with E-state index in [0.29, 0.717) is 18.5 Å². The van der Waals surface area contributed by atoms with E-state index in [-0.39, 0.29) is 0 Å². The number of nitrogens with two attached hydrogens (primary N) is 1. The van der Waals surface area contributed by atoms with E-state index < -0.39 is 0 Å². The van der Waals surface area contributed by atoms with Crippen molar-refractivity contribution in [3.63, 3.8) is 0 Å². The molecule has 0 amide bonds. The fourth-order valence-corrected chi connectivity index (χ4v) is 1.33. The molecule has 1 aromatic carbocycles. The van der Waals surface area contributed by atoms with Gasteiger partial charge in [-0.15, -0.1) is 0 Å². The molecule has 0 aliphatic carbocycles. The monoisotopic (exact) mass is 192 g/mol. The average Bonchev–Trinajstić information content (AvgIpc) is 2.18. The van der Waals surface area contributed by atoms with E-state index in [9.17, 15) is 0 Å². The number of hydrogen-bond acceptors (Lipinski definition) is 2. The van der Waals surface area contributed by atoms with Crippen molar-refractivity contribution < 1.29 is 0 Å². The Morgan fingerprint density at radius 3 is 2.57 bits per heavy atom. The standard InChI is InChI=1S/C12H20N2/c1-9(2)11-5-4-6-12(7-11)14-10(3)8-13/h4-7,9-10,14H,8,13H2,1-3H3. The third-order valence-electron chi connectivity index (χ3n) is 2.32. The Morgan fingerprint density at radius 1 is 1.29 bits per heavy atom. The maximum atomic E-state index is 5.56. The Labute approximate surface area is 86.5 Å². The average molecular weight is 192 g/mol. The van der Waals surface area contributed by atoms with Crippen molar-refractivity contribution in [2.45, 2.75) is 32.7 Å². The van der Waals surface area contributed by atoms with E-state index in [2.05, 4.69) is 50.4 Å². The highest BCUT2D eigenvalue weighted by Gasteiger charge is 2.02. The van der Waals surface area contributed by atoms with Gasteiger partial charge in [0.2, 0.25) is 0 Å². The van der Waals surface area contributed by atoms with Crippen LogP contribution in [0.15, 0.2) is 24.3 Å². The van der Waals surface area contributed by atoms with Gasteiger partial charge in [0.25, 0.3) is 0 Å². The molecule has 0 fully saturated rings. The van der Waals surface area contributed by atoms with Crippen LogP contribution in [0.3, 0.4) is 0 Å². The van der Waals surface area contributed by atoms with Crippen LogP contribution in [0.2, 0.25) is 0 Å². The molecule has 14 heavy (non-hydrogen) atoms. The first-order valence-electron chi connectivity index (χ1n) is 5.20. The summed E-state index contributed by atoms with van der Waals surface area (Å²) in [7, 11) is 0. The highest BCUT2D eigenvalue weighted by molar-refractivity contribution is 5.47. The van der Waals surface area contributed by atoms with Gasteiger partial charge in [-0.2, -0.15) is 0 Å². The van der Waals surface area contributed by atoms with Crippen molar-refractivity contribution in [2.75, 3.05) is 11.9 Å². The lowest BCUT2D eigenvalue weighted by atomic mass is 10.0. The molecule has 0 saturated heterocycles. The van der Waals surface area contributed by atoms with Gasteiger partial charge in [0.1, 0.15) is 0 Å². The summed E-state index contributed by atoms with van der Waals surface area (Å²) >= 11 is 0. The third kappa shape index (κ3) is 3.04. The number of benzene rings is 1. The zero-order chi connectivity index (χ0) is 10.6. The van der Waals surface area contributed by atoms with Crippen LogP contribution in [-0.2, 0) is 0 Å². The molecule has 0 bridgehead atoms. The predicted molar refractivity (Wildman–Crippen MR) is 62.7 cm³/mol. The van der Waals surface area contributed by atoms with Gasteiger partial charge in [0, 0.05) is 18.3 Å². The van der Waals surface area contributed by atoms with Gasteiger partial charge >= 0.3 is 0 Å². The van der Waals surface area contributed by atoms with Crippen molar-refractivity contribution in [3.05, 3.63) is 29.8 Å². The van der Waals surface area contributed by atoms with Crippen LogP contribution in [-0.4, -0.2) is 12.6 Å². The number of nitrogens with one attached hydrogen (secondary N) is 1. The first kappa shape index (κ1) is 11.1. The molecule has 0 aromatic heterocycles. The molecule has 0 aliphatic heterocycles. The molecule has 0 aliphatic rings. The molecule has 0 heterocycles. The topological polar surface area (TPSA) is 38.0 Å². The maximum Gasteiger partial charge on any atom is 0.0355 e. The Hall–Kier alpha value is -1.02. The fraction of sp³-hybridized carbons (Fsp3) is 0.500.